The zero-order chi connectivity index (χ0) is 9.42. The maximum Gasteiger partial charge on any atom is 0.128 e. The average Bonchev–Trinajstić information content (AvgIpc) is 2.50. The van der Waals surface area contributed by atoms with Gasteiger partial charge >= 0.3 is 0 Å². The molecule has 68 valence electrons. The first-order chi connectivity index (χ1) is 6.24. The number of aryl methyl sites for hydroxylation is 1. The summed E-state index contributed by atoms with van der Waals surface area (Å²) in [6.07, 6.45) is 1.97. The number of benzene rings is 1. The van der Waals surface area contributed by atoms with Crippen LogP contribution in [0.1, 0.15) is 0 Å². The van der Waals surface area contributed by atoms with E-state index in [2.05, 4.69) is 0 Å². The van der Waals surface area contributed by atoms with E-state index in [9.17, 15) is 0 Å². The Morgan fingerprint density at radius 3 is 2.77 bits per heavy atom. The van der Waals surface area contributed by atoms with E-state index < -0.39 is 0 Å². The minimum absolute atomic E-state index is 0.753. The fourth-order valence-electron chi connectivity index (χ4n) is 1.52. The first-order valence-electron chi connectivity index (χ1n) is 4.01. The molecule has 0 aliphatic rings. The Morgan fingerprint density at radius 2 is 2.08 bits per heavy atom. The highest BCUT2D eigenvalue weighted by molar-refractivity contribution is 6.35. The highest BCUT2D eigenvalue weighted by atomic mass is 35.5. The van der Waals surface area contributed by atoms with Crippen LogP contribution >= 0.6 is 11.6 Å². The zero-order valence-electron chi connectivity index (χ0n) is 7.54. The van der Waals surface area contributed by atoms with Crippen LogP contribution < -0.4 is 4.74 Å². The largest absolute Gasteiger partial charge is 0.496 e. The summed E-state index contributed by atoms with van der Waals surface area (Å²) in [5.41, 5.74) is 1.01. The third-order valence-corrected chi connectivity index (χ3v) is 2.47. The summed E-state index contributed by atoms with van der Waals surface area (Å²) in [4.78, 5) is 0. The minimum Gasteiger partial charge on any atom is -0.496 e. The Kier molecular flexibility index (Phi) is 1.93. The number of ether oxygens (including phenoxy) is 1. The zero-order valence-corrected chi connectivity index (χ0v) is 8.30. The molecule has 0 saturated carbocycles. The third-order valence-electron chi connectivity index (χ3n) is 2.17. The molecule has 0 bridgehead atoms. The lowest BCUT2D eigenvalue weighted by atomic mass is 10.2. The number of hydrogen-bond donors (Lipinski definition) is 0. The number of hydrogen-bond acceptors (Lipinski definition) is 1. The summed E-state index contributed by atoms with van der Waals surface area (Å²) in [6.45, 7) is 0. The van der Waals surface area contributed by atoms with Crippen LogP contribution in [0.25, 0.3) is 10.9 Å². The molecule has 2 aromatic rings. The molecule has 0 spiro atoms. The molecule has 13 heavy (non-hydrogen) atoms. The highest BCUT2D eigenvalue weighted by Gasteiger charge is 2.07. The van der Waals surface area contributed by atoms with Crippen LogP contribution in [-0.2, 0) is 7.05 Å². The molecule has 0 atom stereocenters. The minimum atomic E-state index is 0.753. The molecule has 2 nitrogen and oxygen atoms in total. The number of aromatic nitrogens is 1. The van der Waals surface area contributed by atoms with E-state index in [1.165, 1.54) is 0 Å². The van der Waals surface area contributed by atoms with Crippen LogP contribution in [0.15, 0.2) is 24.4 Å². The molecule has 2 rings (SSSR count). The van der Waals surface area contributed by atoms with Crippen LogP contribution in [0.3, 0.4) is 0 Å². The van der Waals surface area contributed by atoms with Crippen molar-refractivity contribution in [1.29, 1.82) is 0 Å². The molecule has 1 heterocycles. The fourth-order valence-corrected chi connectivity index (χ4v) is 1.82. The Balaban J connectivity index is 2.87. The van der Waals surface area contributed by atoms with Crippen molar-refractivity contribution in [1.82, 2.24) is 4.57 Å². The lowest BCUT2D eigenvalue weighted by Gasteiger charge is -2.04. The molecule has 0 aliphatic carbocycles. The van der Waals surface area contributed by atoms with E-state index in [-0.39, 0.29) is 0 Å². The van der Waals surface area contributed by atoms with Gasteiger partial charge in [-0.05, 0) is 18.2 Å². The molecule has 0 fully saturated rings. The van der Waals surface area contributed by atoms with Crippen molar-refractivity contribution < 1.29 is 4.74 Å². The van der Waals surface area contributed by atoms with Gasteiger partial charge in [-0.2, -0.15) is 0 Å². The molecule has 0 saturated heterocycles. The van der Waals surface area contributed by atoms with Crippen molar-refractivity contribution in [3.63, 3.8) is 0 Å². The predicted octanol–water partition coefficient (Wildman–Crippen LogP) is 2.84. The molecule has 0 aliphatic heterocycles. The molecule has 0 unspecified atom stereocenters. The first kappa shape index (κ1) is 8.45. The van der Waals surface area contributed by atoms with Gasteiger partial charge in [0.15, 0.2) is 0 Å². The van der Waals surface area contributed by atoms with Crippen LogP contribution in [0.2, 0.25) is 5.02 Å². The first-order valence-corrected chi connectivity index (χ1v) is 4.39. The van der Waals surface area contributed by atoms with E-state index in [1.807, 2.05) is 36.0 Å². The second-order valence-electron chi connectivity index (χ2n) is 2.94. The van der Waals surface area contributed by atoms with Crippen molar-refractivity contribution >= 4 is 22.5 Å². The number of fused-ring (bicyclic) bond motifs is 1. The van der Waals surface area contributed by atoms with E-state index in [1.54, 1.807) is 7.11 Å². The fraction of sp³-hybridized carbons (Fsp3) is 0.200. The average molecular weight is 196 g/mol. The van der Waals surface area contributed by atoms with E-state index >= 15 is 0 Å². The number of nitrogens with zero attached hydrogens (tertiary/aromatic N) is 1. The molecule has 0 radical (unpaired) electrons. The van der Waals surface area contributed by atoms with Crippen molar-refractivity contribution in [2.45, 2.75) is 0 Å². The van der Waals surface area contributed by atoms with Gasteiger partial charge < -0.3 is 9.30 Å². The smallest absolute Gasteiger partial charge is 0.128 e. The monoisotopic (exact) mass is 195 g/mol. The van der Waals surface area contributed by atoms with Gasteiger partial charge in [0.05, 0.1) is 17.6 Å². The summed E-state index contributed by atoms with van der Waals surface area (Å²) in [6, 6.07) is 5.73. The summed E-state index contributed by atoms with van der Waals surface area (Å²) in [7, 11) is 3.63. The molecule has 0 N–H and O–H groups in total. The normalized spacial score (nSPS) is 10.7. The number of rotatable bonds is 1. The summed E-state index contributed by atoms with van der Waals surface area (Å²) in [5, 5.41) is 1.81. The quantitative estimate of drug-likeness (QED) is 0.683. The third kappa shape index (κ3) is 1.18. The van der Waals surface area contributed by atoms with Crippen molar-refractivity contribution in [3.8, 4) is 5.75 Å². The second kappa shape index (κ2) is 2.96. The van der Waals surface area contributed by atoms with Crippen LogP contribution in [0.4, 0.5) is 0 Å². The maximum atomic E-state index is 6.06. The van der Waals surface area contributed by atoms with Crippen LogP contribution in [0.5, 0.6) is 5.75 Å². The molecular weight excluding hydrogens is 186 g/mol. The van der Waals surface area contributed by atoms with Gasteiger partial charge in [0.25, 0.3) is 0 Å². The van der Waals surface area contributed by atoms with Crippen LogP contribution in [0, 0.1) is 0 Å². The predicted molar refractivity (Wildman–Crippen MR) is 54.5 cm³/mol. The standard InChI is InChI=1S/C10H10ClNO/c1-12-6-5-7-9(13-2)4-3-8(11)10(7)12/h3-6H,1-2H3. The molecule has 1 aromatic carbocycles. The van der Waals surface area contributed by atoms with Gasteiger partial charge in [-0.1, -0.05) is 11.6 Å². The number of halogens is 1. The lowest BCUT2D eigenvalue weighted by molar-refractivity contribution is 0.420. The van der Waals surface area contributed by atoms with E-state index in [4.69, 9.17) is 16.3 Å². The summed E-state index contributed by atoms with van der Waals surface area (Å²) >= 11 is 6.06. The lowest BCUT2D eigenvalue weighted by Crippen LogP contribution is -1.87. The Hall–Kier alpha value is -1.15. The Labute approximate surface area is 81.7 Å². The molecule has 1 aromatic heterocycles. The maximum absolute atomic E-state index is 6.06. The van der Waals surface area contributed by atoms with Crippen molar-refractivity contribution in [2.24, 2.45) is 7.05 Å². The van der Waals surface area contributed by atoms with Gasteiger partial charge in [-0.3, -0.25) is 0 Å². The SMILES string of the molecule is COc1ccc(Cl)c2c1ccn2C. The molecular formula is C10H10ClNO. The molecule has 0 amide bonds. The summed E-state index contributed by atoms with van der Waals surface area (Å²) in [5.74, 6) is 0.861. The van der Waals surface area contributed by atoms with Gasteiger partial charge in [0.1, 0.15) is 5.75 Å². The second-order valence-corrected chi connectivity index (χ2v) is 3.35. The van der Waals surface area contributed by atoms with Crippen molar-refractivity contribution in [3.05, 3.63) is 29.4 Å². The van der Waals surface area contributed by atoms with Gasteiger partial charge in [-0.25, -0.2) is 0 Å². The summed E-state index contributed by atoms with van der Waals surface area (Å²) < 4.78 is 7.21. The van der Waals surface area contributed by atoms with E-state index in [0.29, 0.717) is 0 Å². The Morgan fingerprint density at radius 1 is 1.31 bits per heavy atom. The van der Waals surface area contributed by atoms with Gasteiger partial charge in [0.2, 0.25) is 0 Å². The van der Waals surface area contributed by atoms with Crippen LogP contribution in [-0.4, -0.2) is 11.7 Å². The Bertz CT molecular complexity index is 447. The van der Waals surface area contributed by atoms with Crippen molar-refractivity contribution in [2.75, 3.05) is 7.11 Å². The molecule has 3 heteroatoms. The highest BCUT2D eigenvalue weighted by Crippen LogP contribution is 2.31. The number of methoxy groups -OCH3 is 1. The van der Waals surface area contributed by atoms with Gasteiger partial charge in [0, 0.05) is 18.6 Å². The van der Waals surface area contributed by atoms with Gasteiger partial charge in [-0.15, -0.1) is 0 Å². The topological polar surface area (TPSA) is 14.2 Å². The van der Waals surface area contributed by atoms with E-state index in [0.717, 1.165) is 21.7 Å².